The van der Waals surface area contributed by atoms with Gasteiger partial charge in [-0.15, -0.1) is 0 Å². The summed E-state index contributed by atoms with van der Waals surface area (Å²) in [5, 5.41) is 3.28. The zero-order chi connectivity index (χ0) is 23.0. The molecule has 32 heavy (non-hydrogen) atoms. The van der Waals surface area contributed by atoms with E-state index in [-0.39, 0.29) is 11.6 Å². The predicted molar refractivity (Wildman–Crippen MR) is 128 cm³/mol. The first-order valence-electron chi connectivity index (χ1n) is 10.5. The maximum Gasteiger partial charge on any atom is 0.282 e. The molecule has 3 aromatic carbocycles. The van der Waals surface area contributed by atoms with Crippen molar-refractivity contribution in [3.8, 4) is 5.75 Å². The smallest absolute Gasteiger partial charge is 0.282 e. The summed E-state index contributed by atoms with van der Waals surface area (Å²) in [6, 6.07) is 18.8. The van der Waals surface area contributed by atoms with Crippen LogP contribution >= 0.6 is 0 Å². The molecule has 1 aliphatic heterocycles. The van der Waals surface area contributed by atoms with E-state index in [1.807, 2.05) is 64.1 Å². The molecule has 0 unspecified atom stereocenters. The number of imide groups is 1. The van der Waals surface area contributed by atoms with Crippen LogP contribution in [0.1, 0.15) is 27.8 Å². The quantitative estimate of drug-likeness (QED) is 0.561. The van der Waals surface area contributed by atoms with Crippen LogP contribution in [0, 0.1) is 27.7 Å². The number of hydrogen-bond donors (Lipinski definition) is 1. The molecule has 162 valence electrons. The van der Waals surface area contributed by atoms with Crippen molar-refractivity contribution in [3.63, 3.8) is 0 Å². The number of nitrogens with one attached hydrogen (secondary N) is 1. The van der Waals surface area contributed by atoms with Crippen molar-refractivity contribution in [2.24, 2.45) is 0 Å². The SMILES string of the molecule is COc1cccc(N2C(=O)C(Nc3cc(C)ccc3C)=C(c3ccc(C)c(C)c3)C2=O)c1. The molecule has 0 spiro atoms. The standard InChI is InChI=1S/C27H26N2O3/c1-16-9-10-18(3)23(13-16)28-25-24(20-12-11-17(2)19(4)14-20)26(30)29(27(25)31)21-7-6-8-22(15-21)32-5/h6-15,28H,1-5H3. The van der Waals surface area contributed by atoms with Crippen LogP contribution in [0.2, 0.25) is 0 Å². The average Bonchev–Trinajstić information content (AvgIpc) is 3.02. The molecule has 0 fully saturated rings. The van der Waals surface area contributed by atoms with Crippen molar-refractivity contribution in [1.82, 2.24) is 0 Å². The van der Waals surface area contributed by atoms with E-state index >= 15 is 0 Å². The second-order valence-corrected chi connectivity index (χ2v) is 8.14. The Labute approximate surface area is 188 Å². The van der Waals surface area contributed by atoms with Gasteiger partial charge in [0.05, 0.1) is 18.4 Å². The molecule has 5 nitrogen and oxygen atoms in total. The maximum absolute atomic E-state index is 13.6. The lowest BCUT2D eigenvalue weighted by atomic mass is 9.99. The third kappa shape index (κ3) is 3.78. The molecule has 3 aromatic rings. The van der Waals surface area contributed by atoms with Crippen molar-refractivity contribution in [2.45, 2.75) is 27.7 Å². The highest BCUT2D eigenvalue weighted by Crippen LogP contribution is 2.36. The number of hydrogen-bond acceptors (Lipinski definition) is 4. The Morgan fingerprint density at radius 2 is 1.53 bits per heavy atom. The van der Waals surface area contributed by atoms with Crippen LogP contribution in [0.4, 0.5) is 11.4 Å². The van der Waals surface area contributed by atoms with Crippen LogP contribution in [0.15, 0.2) is 66.4 Å². The first-order valence-corrected chi connectivity index (χ1v) is 10.5. The Kier molecular flexibility index (Phi) is 5.57. The monoisotopic (exact) mass is 426 g/mol. The molecule has 0 saturated heterocycles. The molecular weight excluding hydrogens is 400 g/mol. The third-order valence-corrected chi connectivity index (χ3v) is 5.84. The topological polar surface area (TPSA) is 58.6 Å². The van der Waals surface area contributed by atoms with Crippen LogP contribution in [-0.2, 0) is 9.59 Å². The van der Waals surface area contributed by atoms with Crippen molar-refractivity contribution in [1.29, 1.82) is 0 Å². The van der Waals surface area contributed by atoms with Gasteiger partial charge in [-0.2, -0.15) is 0 Å². The first-order chi connectivity index (χ1) is 15.3. The molecule has 0 bridgehead atoms. The molecule has 0 aromatic heterocycles. The number of aryl methyl sites for hydroxylation is 4. The highest BCUT2D eigenvalue weighted by atomic mass is 16.5. The summed E-state index contributed by atoms with van der Waals surface area (Å²) in [5.41, 5.74) is 6.85. The Morgan fingerprint density at radius 1 is 0.781 bits per heavy atom. The fourth-order valence-corrected chi connectivity index (χ4v) is 3.80. The summed E-state index contributed by atoms with van der Waals surface area (Å²) in [7, 11) is 1.55. The van der Waals surface area contributed by atoms with E-state index in [0.29, 0.717) is 22.6 Å². The first kappa shape index (κ1) is 21.4. The van der Waals surface area contributed by atoms with Gasteiger partial charge in [-0.3, -0.25) is 9.59 Å². The molecule has 0 aliphatic carbocycles. The van der Waals surface area contributed by atoms with Crippen LogP contribution in [0.3, 0.4) is 0 Å². The number of nitrogens with zero attached hydrogens (tertiary/aromatic N) is 1. The average molecular weight is 427 g/mol. The van der Waals surface area contributed by atoms with Gasteiger partial charge in [0.1, 0.15) is 11.4 Å². The summed E-state index contributed by atoms with van der Waals surface area (Å²) in [6.45, 7) is 7.98. The predicted octanol–water partition coefficient (Wildman–Crippen LogP) is 5.33. The van der Waals surface area contributed by atoms with Gasteiger partial charge >= 0.3 is 0 Å². The number of ether oxygens (including phenoxy) is 1. The van der Waals surface area contributed by atoms with Crippen molar-refractivity contribution < 1.29 is 14.3 Å². The Hall–Kier alpha value is -3.86. The lowest BCUT2D eigenvalue weighted by molar-refractivity contribution is -0.120. The van der Waals surface area contributed by atoms with Gasteiger partial charge in [0.15, 0.2) is 0 Å². The Morgan fingerprint density at radius 3 is 2.25 bits per heavy atom. The summed E-state index contributed by atoms with van der Waals surface area (Å²) in [5.74, 6) is -0.177. The van der Waals surface area contributed by atoms with Gasteiger partial charge in [-0.1, -0.05) is 36.4 Å². The van der Waals surface area contributed by atoms with E-state index in [0.717, 1.165) is 27.9 Å². The molecule has 1 N–H and O–H groups in total. The Bertz CT molecular complexity index is 1270. The Balaban J connectivity index is 1.87. The summed E-state index contributed by atoms with van der Waals surface area (Å²) < 4.78 is 5.30. The van der Waals surface area contributed by atoms with Crippen LogP contribution in [0.25, 0.3) is 5.57 Å². The van der Waals surface area contributed by atoms with Crippen LogP contribution < -0.4 is 15.0 Å². The van der Waals surface area contributed by atoms with Gasteiger partial charge in [0, 0.05) is 11.8 Å². The maximum atomic E-state index is 13.6. The van der Waals surface area contributed by atoms with Gasteiger partial charge in [0.2, 0.25) is 0 Å². The highest BCUT2D eigenvalue weighted by molar-refractivity contribution is 6.46. The number of carbonyl (C=O) groups is 2. The molecular formula is C27H26N2O3. The minimum absolute atomic E-state index is 0.273. The van der Waals surface area contributed by atoms with Gasteiger partial charge in [0.25, 0.3) is 11.8 Å². The number of amides is 2. The second-order valence-electron chi connectivity index (χ2n) is 8.14. The van der Waals surface area contributed by atoms with E-state index in [4.69, 9.17) is 4.74 Å². The molecule has 0 radical (unpaired) electrons. The fraction of sp³-hybridized carbons (Fsp3) is 0.185. The lowest BCUT2D eigenvalue weighted by Gasteiger charge is -2.16. The second kappa shape index (κ2) is 8.35. The normalized spacial score (nSPS) is 13.7. The van der Waals surface area contributed by atoms with Crippen molar-refractivity contribution >= 4 is 28.8 Å². The number of anilines is 2. The van der Waals surface area contributed by atoms with E-state index in [9.17, 15) is 9.59 Å². The minimum atomic E-state index is -0.391. The number of methoxy groups -OCH3 is 1. The zero-order valence-corrected chi connectivity index (χ0v) is 18.9. The summed E-state index contributed by atoms with van der Waals surface area (Å²) in [4.78, 5) is 28.4. The van der Waals surface area contributed by atoms with E-state index in [1.54, 1.807) is 31.4 Å². The van der Waals surface area contributed by atoms with Crippen molar-refractivity contribution in [3.05, 3.63) is 94.2 Å². The van der Waals surface area contributed by atoms with Crippen molar-refractivity contribution in [2.75, 3.05) is 17.3 Å². The van der Waals surface area contributed by atoms with Gasteiger partial charge < -0.3 is 10.1 Å². The largest absolute Gasteiger partial charge is 0.497 e. The van der Waals surface area contributed by atoms with Crippen LogP contribution in [0.5, 0.6) is 5.75 Å². The molecule has 2 amide bonds. The highest BCUT2D eigenvalue weighted by Gasteiger charge is 2.40. The zero-order valence-electron chi connectivity index (χ0n) is 18.9. The molecule has 1 heterocycles. The molecule has 0 atom stereocenters. The summed E-state index contributed by atoms with van der Waals surface area (Å²) >= 11 is 0. The molecule has 4 rings (SSSR count). The number of carbonyl (C=O) groups excluding carboxylic acids is 2. The van der Waals surface area contributed by atoms with Crippen LogP contribution in [-0.4, -0.2) is 18.9 Å². The van der Waals surface area contributed by atoms with Gasteiger partial charge in [-0.25, -0.2) is 4.90 Å². The summed E-state index contributed by atoms with van der Waals surface area (Å²) in [6.07, 6.45) is 0. The molecule has 0 saturated carbocycles. The van der Waals surface area contributed by atoms with E-state index < -0.39 is 5.91 Å². The van der Waals surface area contributed by atoms with E-state index in [2.05, 4.69) is 5.32 Å². The third-order valence-electron chi connectivity index (χ3n) is 5.84. The lowest BCUT2D eigenvalue weighted by Crippen LogP contribution is -2.32. The van der Waals surface area contributed by atoms with E-state index in [1.165, 1.54) is 4.90 Å². The molecule has 1 aliphatic rings. The minimum Gasteiger partial charge on any atom is -0.497 e. The molecule has 5 heteroatoms. The number of rotatable bonds is 5. The number of benzene rings is 3. The van der Waals surface area contributed by atoms with Gasteiger partial charge in [-0.05, 0) is 73.7 Å². The fourth-order valence-electron chi connectivity index (χ4n) is 3.80.